The SMILES string of the molecule is CC(C)(C)C1CCc2c(nnn2NS(=O)(=O)c2ccccc2)C1. The first-order valence-corrected chi connectivity index (χ1v) is 9.27. The van der Waals surface area contributed by atoms with Gasteiger partial charge in [-0.3, -0.25) is 0 Å². The first kappa shape index (κ1) is 16.0. The van der Waals surface area contributed by atoms with Crippen LogP contribution in [0.5, 0.6) is 0 Å². The average Bonchev–Trinajstić information content (AvgIpc) is 2.89. The largest absolute Gasteiger partial charge is 0.276 e. The minimum atomic E-state index is -3.65. The number of aromatic nitrogens is 3. The molecule has 1 aromatic carbocycles. The molecule has 1 heterocycles. The molecule has 7 heteroatoms. The standard InChI is InChI=1S/C16H22N4O2S/c1-16(2,3)12-9-10-15-14(11-12)17-18-20(15)19-23(21,22)13-7-5-4-6-8-13/h4-8,12,19H,9-11H2,1-3H3. The molecule has 23 heavy (non-hydrogen) atoms. The number of fused-ring (bicyclic) bond motifs is 1. The quantitative estimate of drug-likeness (QED) is 0.935. The summed E-state index contributed by atoms with van der Waals surface area (Å²) in [5, 5.41) is 8.19. The van der Waals surface area contributed by atoms with Crippen LogP contribution in [0.15, 0.2) is 35.2 Å². The Labute approximate surface area is 136 Å². The molecule has 0 saturated carbocycles. The van der Waals surface area contributed by atoms with Crippen LogP contribution in [-0.4, -0.2) is 23.5 Å². The van der Waals surface area contributed by atoms with E-state index in [0.29, 0.717) is 5.92 Å². The van der Waals surface area contributed by atoms with Crippen LogP contribution in [0.4, 0.5) is 0 Å². The van der Waals surface area contributed by atoms with Crippen molar-refractivity contribution < 1.29 is 8.42 Å². The predicted octanol–water partition coefficient (Wildman–Crippen LogP) is 2.36. The molecule has 6 nitrogen and oxygen atoms in total. The van der Waals surface area contributed by atoms with Crippen molar-refractivity contribution in [2.24, 2.45) is 11.3 Å². The van der Waals surface area contributed by atoms with Gasteiger partial charge in [0, 0.05) is 0 Å². The van der Waals surface area contributed by atoms with E-state index in [2.05, 4.69) is 35.9 Å². The average molecular weight is 334 g/mol. The molecule has 3 rings (SSSR count). The Morgan fingerprint density at radius 2 is 1.91 bits per heavy atom. The maximum Gasteiger partial charge on any atom is 0.276 e. The van der Waals surface area contributed by atoms with Gasteiger partial charge in [-0.05, 0) is 47.9 Å². The number of hydrogen-bond acceptors (Lipinski definition) is 4. The van der Waals surface area contributed by atoms with Gasteiger partial charge in [-0.25, -0.2) is 0 Å². The zero-order chi connectivity index (χ0) is 16.7. The topological polar surface area (TPSA) is 76.9 Å². The van der Waals surface area contributed by atoms with Crippen molar-refractivity contribution in [1.82, 2.24) is 15.1 Å². The Hall–Kier alpha value is -1.89. The Kier molecular flexibility index (Phi) is 3.91. The zero-order valence-electron chi connectivity index (χ0n) is 13.7. The van der Waals surface area contributed by atoms with E-state index in [1.165, 1.54) is 4.79 Å². The number of nitrogens with zero attached hydrogens (tertiary/aromatic N) is 3. The van der Waals surface area contributed by atoms with Gasteiger partial charge in [0.2, 0.25) is 0 Å². The number of nitrogens with one attached hydrogen (secondary N) is 1. The summed E-state index contributed by atoms with van der Waals surface area (Å²) < 4.78 is 24.8. The molecule has 0 bridgehead atoms. The summed E-state index contributed by atoms with van der Waals surface area (Å²) in [5.41, 5.74) is 1.97. The zero-order valence-corrected chi connectivity index (χ0v) is 14.5. The Bertz CT molecular complexity index is 791. The van der Waals surface area contributed by atoms with Crippen molar-refractivity contribution in [3.05, 3.63) is 41.7 Å². The van der Waals surface area contributed by atoms with Crippen LogP contribution in [0, 0.1) is 11.3 Å². The molecule has 0 aliphatic heterocycles. The first-order chi connectivity index (χ1) is 10.8. The lowest BCUT2D eigenvalue weighted by atomic mass is 9.73. The molecule has 0 amide bonds. The normalized spacial score (nSPS) is 18.5. The molecule has 0 fully saturated rings. The maximum absolute atomic E-state index is 12.4. The van der Waals surface area contributed by atoms with Crippen LogP contribution in [0.3, 0.4) is 0 Å². The highest BCUT2D eigenvalue weighted by Gasteiger charge is 2.32. The molecule has 0 spiro atoms. The third-order valence-corrected chi connectivity index (χ3v) is 5.80. The molecular weight excluding hydrogens is 312 g/mol. The molecule has 0 radical (unpaired) electrons. The summed E-state index contributed by atoms with van der Waals surface area (Å²) in [7, 11) is -3.65. The highest BCUT2D eigenvalue weighted by molar-refractivity contribution is 7.92. The van der Waals surface area contributed by atoms with Gasteiger partial charge in [0.25, 0.3) is 10.0 Å². The third-order valence-electron chi connectivity index (χ3n) is 4.50. The summed E-state index contributed by atoms with van der Waals surface area (Å²) >= 11 is 0. The fourth-order valence-electron chi connectivity index (χ4n) is 2.97. The van der Waals surface area contributed by atoms with Crippen LogP contribution in [0.2, 0.25) is 0 Å². The second kappa shape index (κ2) is 5.63. The van der Waals surface area contributed by atoms with Gasteiger partial charge in [0.05, 0.1) is 16.3 Å². The molecule has 124 valence electrons. The number of hydrogen-bond donors (Lipinski definition) is 1. The lowest BCUT2D eigenvalue weighted by Crippen LogP contribution is -2.30. The molecule has 1 unspecified atom stereocenters. The summed E-state index contributed by atoms with van der Waals surface area (Å²) in [6.45, 7) is 6.68. The number of benzene rings is 1. The molecule has 1 atom stereocenters. The summed E-state index contributed by atoms with van der Waals surface area (Å²) in [4.78, 5) is 4.04. The van der Waals surface area contributed by atoms with Gasteiger partial charge in [-0.1, -0.05) is 39.0 Å². The Balaban J connectivity index is 1.84. The van der Waals surface area contributed by atoms with Gasteiger partial charge in [-0.15, -0.1) is 9.89 Å². The van der Waals surface area contributed by atoms with E-state index in [9.17, 15) is 8.42 Å². The minimum Gasteiger partial charge on any atom is -0.200 e. The number of sulfonamides is 1. The van der Waals surface area contributed by atoms with Crippen molar-refractivity contribution in [2.75, 3.05) is 4.83 Å². The molecule has 1 aliphatic rings. The Morgan fingerprint density at radius 3 is 2.57 bits per heavy atom. The van der Waals surface area contributed by atoms with E-state index in [0.717, 1.165) is 30.7 Å². The van der Waals surface area contributed by atoms with Gasteiger partial charge in [0.15, 0.2) is 0 Å². The fraction of sp³-hybridized carbons (Fsp3) is 0.500. The molecule has 1 aliphatic carbocycles. The van der Waals surface area contributed by atoms with Crippen molar-refractivity contribution in [1.29, 1.82) is 0 Å². The van der Waals surface area contributed by atoms with E-state index in [1.807, 2.05) is 0 Å². The third kappa shape index (κ3) is 3.24. The summed E-state index contributed by atoms with van der Waals surface area (Å²) in [6, 6.07) is 8.28. The van der Waals surface area contributed by atoms with Gasteiger partial charge >= 0.3 is 0 Å². The van der Waals surface area contributed by atoms with E-state index >= 15 is 0 Å². The number of rotatable bonds is 3. The van der Waals surface area contributed by atoms with Crippen LogP contribution in [0.1, 0.15) is 38.6 Å². The first-order valence-electron chi connectivity index (χ1n) is 7.79. The van der Waals surface area contributed by atoms with Crippen LogP contribution in [0.25, 0.3) is 0 Å². The smallest absolute Gasteiger partial charge is 0.200 e. The van der Waals surface area contributed by atoms with E-state index in [4.69, 9.17) is 0 Å². The fourth-order valence-corrected chi connectivity index (χ4v) is 3.96. The van der Waals surface area contributed by atoms with Crippen molar-refractivity contribution in [2.45, 2.75) is 44.9 Å². The van der Waals surface area contributed by atoms with Crippen LogP contribution < -0.4 is 4.83 Å². The van der Waals surface area contributed by atoms with Gasteiger partial charge < -0.3 is 0 Å². The second-order valence-corrected chi connectivity index (χ2v) is 8.77. The minimum absolute atomic E-state index is 0.213. The van der Waals surface area contributed by atoms with Crippen molar-refractivity contribution in [3.63, 3.8) is 0 Å². The van der Waals surface area contributed by atoms with Crippen LogP contribution >= 0.6 is 0 Å². The van der Waals surface area contributed by atoms with Crippen molar-refractivity contribution in [3.8, 4) is 0 Å². The highest BCUT2D eigenvalue weighted by Crippen LogP contribution is 2.36. The summed E-state index contributed by atoms with van der Waals surface area (Å²) in [6.07, 6.45) is 2.63. The van der Waals surface area contributed by atoms with Gasteiger partial charge in [0.1, 0.15) is 0 Å². The monoisotopic (exact) mass is 334 g/mol. The second-order valence-electron chi connectivity index (χ2n) is 7.11. The van der Waals surface area contributed by atoms with Gasteiger partial charge in [-0.2, -0.15) is 13.2 Å². The molecule has 0 saturated heterocycles. The Morgan fingerprint density at radius 1 is 1.22 bits per heavy atom. The predicted molar refractivity (Wildman–Crippen MR) is 88.0 cm³/mol. The lowest BCUT2D eigenvalue weighted by Gasteiger charge is -2.33. The molecule has 2 aromatic rings. The lowest BCUT2D eigenvalue weighted by molar-refractivity contribution is 0.213. The maximum atomic E-state index is 12.4. The molecular formula is C16H22N4O2S. The van der Waals surface area contributed by atoms with Crippen molar-refractivity contribution >= 4 is 10.0 Å². The van der Waals surface area contributed by atoms with Crippen LogP contribution in [-0.2, 0) is 22.9 Å². The van der Waals surface area contributed by atoms with E-state index in [-0.39, 0.29) is 10.3 Å². The summed E-state index contributed by atoms with van der Waals surface area (Å²) in [5.74, 6) is 0.533. The van der Waals surface area contributed by atoms with E-state index in [1.54, 1.807) is 30.3 Å². The molecule has 1 aromatic heterocycles. The molecule has 1 N–H and O–H groups in total. The highest BCUT2D eigenvalue weighted by atomic mass is 32.2. The van der Waals surface area contributed by atoms with E-state index < -0.39 is 10.0 Å².